The Balaban J connectivity index is 3.92. The summed E-state index contributed by atoms with van der Waals surface area (Å²) >= 11 is 0. The fourth-order valence-electron chi connectivity index (χ4n) is 0.608. The first-order chi connectivity index (χ1) is 6.11. The van der Waals surface area contributed by atoms with Crippen molar-refractivity contribution < 1.29 is 19.1 Å². The lowest BCUT2D eigenvalue weighted by Gasteiger charge is -2.02. The van der Waals surface area contributed by atoms with Crippen LogP contribution in [0.25, 0.3) is 0 Å². The summed E-state index contributed by atoms with van der Waals surface area (Å²) in [6.07, 6.45) is 0.728. The van der Waals surface area contributed by atoms with E-state index in [0.717, 1.165) is 6.26 Å². The van der Waals surface area contributed by atoms with Crippen LogP contribution in [-0.2, 0) is 19.1 Å². The summed E-state index contributed by atoms with van der Waals surface area (Å²) in [7, 11) is 0. The zero-order valence-electron chi connectivity index (χ0n) is 7.54. The van der Waals surface area contributed by atoms with E-state index < -0.39 is 11.8 Å². The summed E-state index contributed by atoms with van der Waals surface area (Å²) in [5.74, 6) is -1.19. The van der Waals surface area contributed by atoms with E-state index in [2.05, 4.69) is 22.6 Å². The summed E-state index contributed by atoms with van der Waals surface area (Å²) < 4.78 is 9.15. The average molecular weight is 184 g/mol. The zero-order chi connectivity index (χ0) is 10.3. The highest BCUT2D eigenvalue weighted by molar-refractivity contribution is 6.03. The van der Waals surface area contributed by atoms with Crippen LogP contribution in [-0.4, -0.2) is 18.4 Å². The van der Waals surface area contributed by atoms with Crippen LogP contribution in [0.15, 0.2) is 25.2 Å². The highest BCUT2D eigenvalue weighted by Crippen LogP contribution is 2.00. The molecule has 0 saturated carbocycles. The number of Topliss-reactive ketones (excluding diaryl/α,β-unsaturated/α-hetero) is 1. The second kappa shape index (κ2) is 5.99. The second-order valence-electron chi connectivity index (χ2n) is 2.11. The van der Waals surface area contributed by atoms with Gasteiger partial charge in [0.2, 0.25) is 5.78 Å². The highest BCUT2D eigenvalue weighted by atomic mass is 16.5. The molecule has 0 atom stereocenters. The summed E-state index contributed by atoms with van der Waals surface area (Å²) in [6.45, 7) is 8.47. The van der Waals surface area contributed by atoms with E-state index in [-0.39, 0.29) is 18.8 Å². The number of hydrogen-bond donors (Lipinski definition) is 0. The summed E-state index contributed by atoms with van der Waals surface area (Å²) in [5, 5.41) is 0. The topological polar surface area (TPSA) is 52.6 Å². The molecule has 0 rings (SSSR count). The Morgan fingerprint density at radius 3 is 2.54 bits per heavy atom. The first-order valence-electron chi connectivity index (χ1n) is 3.77. The van der Waals surface area contributed by atoms with Crippen molar-refractivity contribution in [1.29, 1.82) is 0 Å². The van der Waals surface area contributed by atoms with E-state index >= 15 is 0 Å². The van der Waals surface area contributed by atoms with Gasteiger partial charge in [-0.25, -0.2) is 0 Å². The second-order valence-corrected chi connectivity index (χ2v) is 2.11. The van der Waals surface area contributed by atoms with Gasteiger partial charge in [-0.15, -0.1) is 0 Å². The smallest absolute Gasteiger partial charge is 0.313 e. The lowest BCUT2D eigenvalue weighted by atomic mass is 10.2. The van der Waals surface area contributed by atoms with Crippen LogP contribution in [0.4, 0.5) is 0 Å². The third kappa shape index (κ3) is 4.79. The average Bonchev–Trinajstić information content (AvgIpc) is 2.05. The number of hydrogen-bond acceptors (Lipinski definition) is 4. The molecule has 0 spiro atoms. The fourth-order valence-corrected chi connectivity index (χ4v) is 0.608. The fraction of sp³-hybridized carbons (Fsp3) is 0.333. The standard InChI is InChI=1S/C9H12O4/c1-4-12-7(3)8(10)6-9(11)13-5-2/h4H,1,3,5-6H2,2H3. The molecular formula is C9H12O4. The van der Waals surface area contributed by atoms with Gasteiger partial charge < -0.3 is 9.47 Å². The lowest BCUT2D eigenvalue weighted by molar-refractivity contribution is -0.145. The molecule has 0 aliphatic rings. The third-order valence-electron chi connectivity index (χ3n) is 1.15. The Kier molecular flexibility index (Phi) is 5.27. The van der Waals surface area contributed by atoms with Gasteiger partial charge >= 0.3 is 5.97 Å². The van der Waals surface area contributed by atoms with Crippen molar-refractivity contribution in [3.63, 3.8) is 0 Å². The number of carbonyl (C=O) groups is 2. The maximum Gasteiger partial charge on any atom is 0.313 e. The van der Waals surface area contributed by atoms with Gasteiger partial charge in [-0.2, -0.15) is 0 Å². The maximum atomic E-state index is 11.0. The molecule has 4 heteroatoms. The summed E-state index contributed by atoms with van der Waals surface area (Å²) in [5.41, 5.74) is 0. The Labute approximate surface area is 76.8 Å². The summed E-state index contributed by atoms with van der Waals surface area (Å²) in [4.78, 5) is 21.8. The Morgan fingerprint density at radius 2 is 2.08 bits per heavy atom. The van der Waals surface area contributed by atoms with Gasteiger partial charge in [-0.3, -0.25) is 9.59 Å². The van der Waals surface area contributed by atoms with Crippen LogP contribution in [0, 0.1) is 0 Å². The highest BCUT2D eigenvalue weighted by Gasteiger charge is 2.13. The molecule has 0 amide bonds. The number of esters is 1. The molecule has 0 radical (unpaired) electrons. The molecule has 0 aromatic heterocycles. The van der Waals surface area contributed by atoms with Crippen LogP contribution in [0.5, 0.6) is 0 Å². The molecule has 0 aliphatic carbocycles. The van der Waals surface area contributed by atoms with Gasteiger partial charge in [0.1, 0.15) is 6.42 Å². The first-order valence-corrected chi connectivity index (χ1v) is 3.77. The van der Waals surface area contributed by atoms with Gasteiger partial charge in [0.05, 0.1) is 12.9 Å². The normalized spacial score (nSPS) is 8.69. The van der Waals surface area contributed by atoms with E-state index in [0.29, 0.717) is 0 Å². The van der Waals surface area contributed by atoms with Crippen LogP contribution < -0.4 is 0 Å². The van der Waals surface area contributed by atoms with Crippen LogP contribution >= 0.6 is 0 Å². The van der Waals surface area contributed by atoms with Crippen molar-refractivity contribution >= 4 is 11.8 Å². The SMILES string of the molecule is C=COC(=C)C(=O)CC(=O)OCC. The number of rotatable bonds is 6. The Bertz CT molecular complexity index is 230. The molecule has 0 fully saturated rings. The van der Waals surface area contributed by atoms with Crippen molar-refractivity contribution in [1.82, 2.24) is 0 Å². The number of ketones is 1. The molecule has 72 valence electrons. The van der Waals surface area contributed by atoms with Gasteiger partial charge in [-0.05, 0) is 6.92 Å². The van der Waals surface area contributed by atoms with E-state index in [9.17, 15) is 9.59 Å². The van der Waals surface area contributed by atoms with E-state index in [1.807, 2.05) is 0 Å². The maximum absolute atomic E-state index is 11.0. The van der Waals surface area contributed by atoms with Crippen LogP contribution in [0.1, 0.15) is 13.3 Å². The molecule has 0 heterocycles. The van der Waals surface area contributed by atoms with E-state index in [4.69, 9.17) is 0 Å². The molecule has 0 saturated heterocycles. The molecule has 4 nitrogen and oxygen atoms in total. The van der Waals surface area contributed by atoms with E-state index in [1.54, 1.807) is 6.92 Å². The number of ether oxygens (including phenoxy) is 2. The van der Waals surface area contributed by atoms with Gasteiger partial charge in [0.15, 0.2) is 5.76 Å². The Hall–Kier alpha value is -1.58. The van der Waals surface area contributed by atoms with Gasteiger partial charge in [-0.1, -0.05) is 13.2 Å². The van der Waals surface area contributed by atoms with Crippen molar-refractivity contribution in [2.75, 3.05) is 6.61 Å². The van der Waals surface area contributed by atoms with Crippen LogP contribution in [0.2, 0.25) is 0 Å². The third-order valence-corrected chi connectivity index (χ3v) is 1.15. The monoisotopic (exact) mass is 184 g/mol. The van der Waals surface area contributed by atoms with E-state index in [1.165, 1.54) is 0 Å². The largest absolute Gasteiger partial charge is 0.466 e. The minimum absolute atomic E-state index is 0.108. The predicted octanol–water partition coefficient (Wildman–Crippen LogP) is 1.18. The number of carbonyl (C=O) groups excluding carboxylic acids is 2. The molecule has 0 aliphatic heterocycles. The van der Waals surface area contributed by atoms with Gasteiger partial charge in [0.25, 0.3) is 0 Å². The molecule has 0 bridgehead atoms. The molecule has 0 aromatic carbocycles. The molecule has 0 aromatic rings. The summed E-state index contributed by atoms with van der Waals surface area (Å²) in [6, 6.07) is 0. The van der Waals surface area contributed by atoms with Crippen molar-refractivity contribution in [2.45, 2.75) is 13.3 Å². The first kappa shape index (κ1) is 11.4. The molecular weight excluding hydrogens is 172 g/mol. The minimum atomic E-state index is -0.582. The molecule has 0 N–H and O–H groups in total. The predicted molar refractivity (Wildman–Crippen MR) is 46.7 cm³/mol. The Morgan fingerprint density at radius 1 is 1.46 bits per heavy atom. The zero-order valence-corrected chi connectivity index (χ0v) is 7.54. The van der Waals surface area contributed by atoms with Crippen molar-refractivity contribution in [3.8, 4) is 0 Å². The molecule has 0 unspecified atom stereocenters. The van der Waals surface area contributed by atoms with Gasteiger partial charge in [0, 0.05) is 0 Å². The molecule has 13 heavy (non-hydrogen) atoms. The quantitative estimate of drug-likeness (QED) is 0.269. The lowest BCUT2D eigenvalue weighted by Crippen LogP contribution is -2.12. The van der Waals surface area contributed by atoms with Crippen molar-refractivity contribution in [3.05, 3.63) is 25.2 Å². The minimum Gasteiger partial charge on any atom is -0.466 e. The van der Waals surface area contributed by atoms with Crippen LogP contribution in [0.3, 0.4) is 0 Å². The number of allylic oxidation sites excluding steroid dienone is 1. The van der Waals surface area contributed by atoms with Crippen molar-refractivity contribution in [2.24, 2.45) is 0 Å².